The molecule has 3 rings (SSSR count). The third kappa shape index (κ3) is 6.21. The maximum atomic E-state index is 12.4. The molecule has 158 valence electrons. The molecule has 3 amide bonds. The number of carbonyl (C=O) groups excluding carboxylic acids is 3. The van der Waals surface area contributed by atoms with Crippen LogP contribution >= 0.6 is 0 Å². The van der Waals surface area contributed by atoms with Crippen molar-refractivity contribution in [3.05, 3.63) is 29.8 Å². The van der Waals surface area contributed by atoms with E-state index in [0.29, 0.717) is 31.6 Å². The highest BCUT2D eigenvalue weighted by molar-refractivity contribution is 5.94. The van der Waals surface area contributed by atoms with E-state index in [4.69, 9.17) is 0 Å². The van der Waals surface area contributed by atoms with Crippen LogP contribution in [0.15, 0.2) is 24.3 Å². The summed E-state index contributed by atoms with van der Waals surface area (Å²) in [5.41, 5.74) is 1.78. The molecule has 0 radical (unpaired) electrons. The lowest BCUT2D eigenvalue weighted by atomic mass is 9.96. The molecular weight excluding hydrogens is 368 g/mol. The highest BCUT2D eigenvalue weighted by Gasteiger charge is 2.21. The standard InChI is InChI=1S/C22H32N4O3/c1-17(27)18-7-9-20(10-8-18)25-13-15-26(16-14-25)21(28)11-12-23-22(29)24-19-5-3-2-4-6-19/h7-10,19H,2-6,11-16H2,1H3,(H2,23,24,29). The average Bonchev–Trinajstić information content (AvgIpc) is 2.74. The number of urea groups is 1. The van der Waals surface area contributed by atoms with E-state index in [2.05, 4.69) is 15.5 Å². The normalized spacial score (nSPS) is 17.7. The second-order valence-corrected chi connectivity index (χ2v) is 7.96. The maximum absolute atomic E-state index is 12.4. The Labute approximate surface area is 172 Å². The first kappa shape index (κ1) is 21.1. The number of hydrogen-bond acceptors (Lipinski definition) is 4. The van der Waals surface area contributed by atoms with Crippen LogP contribution in [0, 0.1) is 0 Å². The first-order valence-corrected chi connectivity index (χ1v) is 10.7. The van der Waals surface area contributed by atoms with Crippen LogP contribution in [0.25, 0.3) is 0 Å². The summed E-state index contributed by atoms with van der Waals surface area (Å²) < 4.78 is 0. The molecule has 0 atom stereocenters. The Morgan fingerprint density at radius 1 is 0.966 bits per heavy atom. The van der Waals surface area contributed by atoms with Crippen LogP contribution in [0.1, 0.15) is 55.8 Å². The van der Waals surface area contributed by atoms with Gasteiger partial charge in [0.25, 0.3) is 0 Å². The number of Topliss-reactive ketones (excluding diaryl/α,β-unsaturated/α-hetero) is 1. The van der Waals surface area contributed by atoms with E-state index in [1.165, 1.54) is 19.3 Å². The minimum absolute atomic E-state index is 0.0630. The van der Waals surface area contributed by atoms with Gasteiger partial charge in [0.2, 0.25) is 5.91 Å². The van der Waals surface area contributed by atoms with Crippen molar-refractivity contribution < 1.29 is 14.4 Å². The Kier molecular flexibility index (Phi) is 7.49. The van der Waals surface area contributed by atoms with Crippen molar-refractivity contribution in [1.82, 2.24) is 15.5 Å². The van der Waals surface area contributed by atoms with Crippen LogP contribution in [0.4, 0.5) is 10.5 Å². The Hall–Kier alpha value is -2.57. The summed E-state index contributed by atoms with van der Waals surface area (Å²) in [5, 5.41) is 5.82. The number of amides is 3. The minimum atomic E-state index is -0.163. The van der Waals surface area contributed by atoms with E-state index in [1.807, 2.05) is 29.2 Å². The molecule has 1 aliphatic carbocycles. The van der Waals surface area contributed by atoms with Gasteiger partial charge >= 0.3 is 6.03 Å². The molecule has 29 heavy (non-hydrogen) atoms. The number of hydrogen-bond donors (Lipinski definition) is 2. The fourth-order valence-corrected chi connectivity index (χ4v) is 4.05. The van der Waals surface area contributed by atoms with Gasteiger partial charge in [-0.2, -0.15) is 0 Å². The lowest BCUT2D eigenvalue weighted by Gasteiger charge is -2.36. The summed E-state index contributed by atoms with van der Waals surface area (Å²) >= 11 is 0. The fraction of sp³-hybridized carbons (Fsp3) is 0.591. The number of benzene rings is 1. The molecule has 1 aromatic carbocycles. The molecule has 2 fully saturated rings. The van der Waals surface area contributed by atoms with Gasteiger partial charge in [0, 0.05) is 56.4 Å². The van der Waals surface area contributed by atoms with Gasteiger partial charge in [0.05, 0.1) is 0 Å². The van der Waals surface area contributed by atoms with Crippen LogP contribution in [-0.4, -0.2) is 61.4 Å². The van der Waals surface area contributed by atoms with Crippen molar-refractivity contribution in [1.29, 1.82) is 0 Å². The highest BCUT2D eigenvalue weighted by atomic mass is 16.2. The number of nitrogens with zero attached hydrogens (tertiary/aromatic N) is 2. The quantitative estimate of drug-likeness (QED) is 0.719. The van der Waals surface area contributed by atoms with Crippen molar-refractivity contribution in [2.75, 3.05) is 37.6 Å². The van der Waals surface area contributed by atoms with E-state index in [-0.39, 0.29) is 23.8 Å². The summed E-state index contributed by atoms with van der Waals surface area (Å²) in [6.45, 7) is 4.79. The first-order chi connectivity index (χ1) is 14.0. The molecule has 1 saturated carbocycles. The maximum Gasteiger partial charge on any atom is 0.315 e. The summed E-state index contributed by atoms with van der Waals surface area (Å²) in [6.07, 6.45) is 6.03. The van der Waals surface area contributed by atoms with Gasteiger partial charge in [-0.25, -0.2) is 4.79 Å². The summed E-state index contributed by atoms with van der Waals surface area (Å²) in [5.74, 6) is 0.141. The molecule has 1 aromatic rings. The number of carbonyl (C=O) groups is 3. The molecule has 2 aliphatic rings. The van der Waals surface area contributed by atoms with E-state index in [9.17, 15) is 14.4 Å². The fourth-order valence-electron chi connectivity index (χ4n) is 4.05. The molecule has 2 N–H and O–H groups in total. The zero-order valence-electron chi connectivity index (χ0n) is 17.3. The van der Waals surface area contributed by atoms with Crippen LogP contribution in [0.3, 0.4) is 0 Å². The molecular formula is C22H32N4O3. The van der Waals surface area contributed by atoms with Crippen LogP contribution < -0.4 is 15.5 Å². The van der Waals surface area contributed by atoms with Gasteiger partial charge < -0.3 is 20.4 Å². The Balaban J connectivity index is 1.35. The van der Waals surface area contributed by atoms with Crippen LogP contribution in [0.5, 0.6) is 0 Å². The van der Waals surface area contributed by atoms with Gasteiger partial charge in [-0.15, -0.1) is 0 Å². The minimum Gasteiger partial charge on any atom is -0.368 e. The second-order valence-electron chi connectivity index (χ2n) is 7.96. The van der Waals surface area contributed by atoms with E-state index < -0.39 is 0 Å². The predicted molar refractivity (Wildman–Crippen MR) is 113 cm³/mol. The highest BCUT2D eigenvalue weighted by Crippen LogP contribution is 2.18. The SMILES string of the molecule is CC(=O)c1ccc(N2CCN(C(=O)CCNC(=O)NC3CCCCC3)CC2)cc1. The molecule has 0 unspecified atom stereocenters. The molecule has 0 bridgehead atoms. The van der Waals surface area contributed by atoms with Crippen molar-refractivity contribution in [3.8, 4) is 0 Å². The Bertz CT molecular complexity index is 705. The number of anilines is 1. The molecule has 7 heteroatoms. The monoisotopic (exact) mass is 400 g/mol. The molecule has 1 saturated heterocycles. The van der Waals surface area contributed by atoms with Gasteiger partial charge in [0.1, 0.15) is 0 Å². The van der Waals surface area contributed by atoms with Crippen molar-refractivity contribution in [2.45, 2.75) is 51.5 Å². The predicted octanol–water partition coefficient (Wildman–Crippen LogP) is 2.56. The number of rotatable bonds is 6. The summed E-state index contributed by atoms with van der Waals surface area (Å²) in [6, 6.07) is 7.73. The van der Waals surface area contributed by atoms with Crippen molar-refractivity contribution in [3.63, 3.8) is 0 Å². The number of ketones is 1. The van der Waals surface area contributed by atoms with E-state index in [1.54, 1.807) is 6.92 Å². The zero-order valence-corrected chi connectivity index (χ0v) is 17.3. The zero-order chi connectivity index (χ0) is 20.6. The Morgan fingerprint density at radius 3 is 2.24 bits per heavy atom. The van der Waals surface area contributed by atoms with Gasteiger partial charge in [-0.05, 0) is 44.0 Å². The average molecular weight is 401 g/mol. The molecule has 7 nitrogen and oxygen atoms in total. The largest absolute Gasteiger partial charge is 0.368 e. The topological polar surface area (TPSA) is 81.8 Å². The molecule has 0 aromatic heterocycles. The lowest BCUT2D eigenvalue weighted by molar-refractivity contribution is -0.131. The van der Waals surface area contributed by atoms with Crippen LogP contribution in [-0.2, 0) is 4.79 Å². The van der Waals surface area contributed by atoms with Crippen molar-refractivity contribution >= 4 is 23.4 Å². The van der Waals surface area contributed by atoms with Crippen LogP contribution in [0.2, 0.25) is 0 Å². The lowest BCUT2D eigenvalue weighted by Crippen LogP contribution is -2.49. The molecule has 1 heterocycles. The van der Waals surface area contributed by atoms with Crippen molar-refractivity contribution in [2.24, 2.45) is 0 Å². The first-order valence-electron chi connectivity index (χ1n) is 10.7. The molecule has 0 spiro atoms. The van der Waals surface area contributed by atoms with E-state index in [0.717, 1.165) is 31.6 Å². The molecule has 1 aliphatic heterocycles. The number of piperazine rings is 1. The van der Waals surface area contributed by atoms with E-state index >= 15 is 0 Å². The van der Waals surface area contributed by atoms with Gasteiger partial charge in [-0.1, -0.05) is 19.3 Å². The Morgan fingerprint density at radius 2 is 1.62 bits per heavy atom. The number of nitrogens with one attached hydrogen (secondary N) is 2. The van der Waals surface area contributed by atoms with Gasteiger partial charge in [-0.3, -0.25) is 9.59 Å². The summed E-state index contributed by atoms with van der Waals surface area (Å²) in [4.78, 5) is 39.9. The smallest absolute Gasteiger partial charge is 0.315 e. The second kappa shape index (κ2) is 10.3. The van der Waals surface area contributed by atoms with Gasteiger partial charge in [0.15, 0.2) is 5.78 Å². The third-order valence-corrected chi connectivity index (χ3v) is 5.84. The third-order valence-electron chi connectivity index (χ3n) is 5.84. The summed E-state index contributed by atoms with van der Waals surface area (Å²) in [7, 11) is 0.